The largest absolute Gasteiger partial charge is 0.313 e. The average molecular weight is 332 g/mol. The maximum absolute atomic E-state index is 3.54. The van der Waals surface area contributed by atoms with Gasteiger partial charge in [0.2, 0.25) is 0 Å². The molecule has 1 nitrogen and oxygen atoms in total. The van der Waals surface area contributed by atoms with E-state index in [9.17, 15) is 0 Å². The molecular weight excluding hydrogens is 306 g/mol. The number of halogens is 1. The topological polar surface area (TPSA) is 12.0 Å². The normalized spacial score (nSPS) is 12.8. The third-order valence-corrected chi connectivity index (χ3v) is 4.96. The summed E-state index contributed by atoms with van der Waals surface area (Å²) < 4.78 is 1.23. The molecule has 3 heteroatoms. The maximum atomic E-state index is 3.54. The molecule has 1 aromatic heterocycles. The molecule has 0 amide bonds. The van der Waals surface area contributed by atoms with Crippen molar-refractivity contribution in [3.63, 3.8) is 0 Å². The number of hydrogen-bond acceptors (Lipinski definition) is 2. The minimum absolute atomic E-state index is 0.531. The number of hydrogen-bond donors (Lipinski definition) is 1. The lowest BCUT2D eigenvalue weighted by Crippen LogP contribution is -2.15. The summed E-state index contributed by atoms with van der Waals surface area (Å²) in [5, 5.41) is 5.69. The van der Waals surface area contributed by atoms with Gasteiger partial charge in [0, 0.05) is 6.04 Å². The maximum Gasteiger partial charge on any atom is 0.0701 e. The molecule has 0 radical (unpaired) electrons. The van der Waals surface area contributed by atoms with E-state index in [4.69, 9.17) is 0 Å². The highest BCUT2D eigenvalue weighted by Gasteiger charge is 2.10. The van der Waals surface area contributed by atoms with Gasteiger partial charge in [0.05, 0.1) is 3.79 Å². The second-order valence-corrected chi connectivity index (χ2v) is 7.23. The van der Waals surface area contributed by atoms with Crippen molar-refractivity contribution in [1.29, 1.82) is 0 Å². The number of thiophene rings is 1. The van der Waals surface area contributed by atoms with E-state index in [1.807, 2.05) is 0 Å². The van der Waals surface area contributed by atoms with Crippen molar-refractivity contribution in [2.45, 2.75) is 64.3 Å². The van der Waals surface area contributed by atoms with Gasteiger partial charge in [-0.25, -0.2) is 0 Å². The fourth-order valence-corrected chi connectivity index (χ4v) is 3.52. The van der Waals surface area contributed by atoms with E-state index in [-0.39, 0.29) is 0 Å². The number of rotatable bonds is 10. The first-order chi connectivity index (χ1) is 8.77. The molecule has 0 bridgehead atoms. The summed E-state index contributed by atoms with van der Waals surface area (Å²) in [7, 11) is 2.07. The van der Waals surface area contributed by atoms with Crippen LogP contribution in [0.15, 0.2) is 15.2 Å². The van der Waals surface area contributed by atoms with E-state index in [2.05, 4.69) is 46.7 Å². The molecule has 1 N–H and O–H groups in total. The van der Waals surface area contributed by atoms with Gasteiger partial charge in [-0.05, 0) is 46.4 Å². The quantitative estimate of drug-likeness (QED) is 0.525. The van der Waals surface area contributed by atoms with Gasteiger partial charge in [-0.15, -0.1) is 11.3 Å². The molecule has 1 unspecified atom stereocenters. The summed E-state index contributed by atoms with van der Waals surface area (Å²) in [5.74, 6) is 0. The van der Waals surface area contributed by atoms with Crippen molar-refractivity contribution < 1.29 is 0 Å². The summed E-state index contributed by atoms with van der Waals surface area (Å²) in [5.41, 5.74) is 1.43. The first-order valence-electron chi connectivity index (χ1n) is 7.19. The first kappa shape index (κ1) is 16.2. The van der Waals surface area contributed by atoms with Crippen LogP contribution in [0.2, 0.25) is 0 Å². The standard InChI is InChI=1S/C15H26BrNS/c1-3-4-5-6-7-8-9-10-14(17-2)13-11-15(16)18-12-13/h11-12,14,17H,3-10H2,1-2H3. The first-order valence-corrected chi connectivity index (χ1v) is 8.86. The molecule has 0 aliphatic carbocycles. The van der Waals surface area contributed by atoms with Crippen molar-refractivity contribution >= 4 is 27.3 Å². The highest BCUT2D eigenvalue weighted by Crippen LogP contribution is 2.28. The third-order valence-electron chi connectivity index (χ3n) is 3.43. The van der Waals surface area contributed by atoms with Crippen LogP contribution in [0.5, 0.6) is 0 Å². The Bertz CT molecular complexity index is 311. The Morgan fingerprint density at radius 1 is 1.17 bits per heavy atom. The molecule has 0 aliphatic heterocycles. The summed E-state index contributed by atoms with van der Waals surface area (Å²) in [4.78, 5) is 0. The lowest BCUT2D eigenvalue weighted by Gasteiger charge is -2.14. The Hall–Kier alpha value is 0.140. The summed E-state index contributed by atoms with van der Waals surface area (Å²) >= 11 is 5.32. The average Bonchev–Trinajstić information content (AvgIpc) is 2.79. The minimum Gasteiger partial charge on any atom is -0.313 e. The van der Waals surface area contributed by atoms with E-state index in [1.165, 1.54) is 60.7 Å². The van der Waals surface area contributed by atoms with Gasteiger partial charge < -0.3 is 5.32 Å². The fourth-order valence-electron chi connectivity index (χ4n) is 2.29. The number of unbranched alkanes of at least 4 members (excludes halogenated alkanes) is 6. The molecule has 0 aliphatic rings. The van der Waals surface area contributed by atoms with Crippen molar-refractivity contribution in [2.24, 2.45) is 0 Å². The van der Waals surface area contributed by atoms with E-state index >= 15 is 0 Å². The Labute approximate surface area is 125 Å². The van der Waals surface area contributed by atoms with Crippen LogP contribution in [0.1, 0.15) is 69.9 Å². The number of nitrogens with one attached hydrogen (secondary N) is 1. The van der Waals surface area contributed by atoms with E-state index < -0.39 is 0 Å². The van der Waals surface area contributed by atoms with Crippen LogP contribution >= 0.6 is 27.3 Å². The monoisotopic (exact) mass is 331 g/mol. The molecule has 0 aromatic carbocycles. The Kier molecular flexibility index (Phi) is 8.99. The molecular formula is C15H26BrNS. The highest BCUT2D eigenvalue weighted by atomic mass is 79.9. The molecule has 0 spiro atoms. The van der Waals surface area contributed by atoms with Crippen LogP contribution in [0.3, 0.4) is 0 Å². The summed E-state index contributed by atoms with van der Waals surface area (Å²) in [6.07, 6.45) is 11.0. The smallest absolute Gasteiger partial charge is 0.0701 e. The zero-order chi connectivity index (χ0) is 13.2. The van der Waals surface area contributed by atoms with Crippen LogP contribution in [0.4, 0.5) is 0 Å². The van der Waals surface area contributed by atoms with Crippen molar-refractivity contribution in [2.75, 3.05) is 7.05 Å². The predicted molar refractivity (Wildman–Crippen MR) is 86.4 cm³/mol. The summed E-state index contributed by atoms with van der Waals surface area (Å²) in [6, 6.07) is 2.77. The second-order valence-electron chi connectivity index (χ2n) is 4.94. The van der Waals surface area contributed by atoms with Crippen LogP contribution in [0.25, 0.3) is 0 Å². The lowest BCUT2D eigenvalue weighted by atomic mass is 10.0. The molecule has 0 saturated heterocycles. The van der Waals surface area contributed by atoms with Crippen molar-refractivity contribution in [1.82, 2.24) is 5.32 Å². The molecule has 18 heavy (non-hydrogen) atoms. The molecule has 1 rings (SSSR count). The van der Waals surface area contributed by atoms with Crippen LogP contribution in [-0.2, 0) is 0 Å². The molecule has 1 aromatic rings. The molecule has 1 heterocycles. The Morgan fingerprint density at radius 3 is 2.39 bits per heavy atom. The summed E-state index contributed by atoms with van der Waals surface area (Å²) in [6.45, 7) is 2.27. The van der Waals surface area contributed by atoms with Gasteiger partial charge >= 0.3 is 0 Å². The molecule has 1 atom stereocenters. The van der Waals surface area contributed by atoms with Gasteiger partial charge in [-0.3, -0.25) is 0 Å². The van der Waals surface area contributed by atoms with Crippen molar-refractivity contribution in [3.05, 3.63) is 20.8 Å². The van der Waals surface area contributed by atoms with Gasteiger partial charge in [0.1, 0.15) is 0 Å². The van der Waals surface area contributed by atoms with Gasteiger partial charge in [0.15, 0.2) is 0 Å². The fraction of sp³-hybridized carbons (Fsp3) is 0.733. The highest BCUT2D eigenvalue weighted by molar-refractivity contribution is 9.11. The third kappa shape index (κ3) is 6.35. The van der Waals surface area contributed by atoms with E-state index in [0.717, 1.165) is 0 Å². The molecule has 0 fully saturated rings. The van der Waals surface area contributed by atoms with Crippen molar-refractivity contribution in [3.8, 4) is 0 Å². The Balaban J connectivity index is 2.13. The van der Waals surface area contributed by atoms with Gasteiger partial charge in [0.25, 0.3) is 0 Å². The van der Waals surface area contributed by atoms with Crippen LogP contribution in [0, 0.1) is 0 Å². The zero-order valence-corrected chi connectivity index (χ0v) is 14.1. The van der Waals surface area contributed by atoms with E-state index in [0.29, 0.717) is 6.04 Å². The van der Waals surface area contributed by atoms with Crippen LogP contribution < -0.4 is 5.32 Å². The SMILES string of the molecule is CCCCCCCCCC(NC)c1csc(Br)c1. The van der Waals surface area contributed by atoms with E-state index in [1.54, 1.807) is 11.3 Å². The van der Waals surface area contributed by atoms with Gasteiger partial charge in [-0.2, -0.15) is 0 Å². The van der Waals surface area contributed by atoms with Crippen LogP contribution in [-0.4, -0.2) is 7.05 Å². The molecule has 0 saturated carbocycles. The zero-order valence-electron chi connectivity index (χ0n) is 11.7. The lowest BCUT2D eigenvalue weighted by molar-refractivity contribution is 0.496. The molecule has 104 valence electrons. The Morgan fingerprint density at radius 2 is 1.83 bits per heavy atom. The minimum atomic E-state index is 0.531. The predicted octanol–water partition coefficient (Wildman–Crippen LogP) is 5.91. The second kappa shape index (κ2) is 9.99. The van der Waals surface area contributed by atoms with Gasteiger partial charge in [-0.1, -0.05) is 51.9 Å².